The fourth-order valence-electron chi connectivity index (χ4n) is 2.21. The van der Waals surface area contributed by atoms with E-state index in [-0.39, 0.29) is 6.79 Å². The minimum atomic E-state index is 0.218. The molecule has 1 aromatic carbocycles. The largest absolute Gasteiger partial charge is 0.452 e. The molecule has 1 aliphatic heterocycles. The predicted octanol–water partition coefficient (Wildman–Crippen LogP) is 3.63. The highest BCUT2D eigenvalue weighted by molar-refractivity contribution is 9.10. The molecule has 0 aliphatic carbocycles. The fourth-order valence-corrected chi connectivity index (χ4v) is 2.61. The van der Waals surface area contributed by atoms with Crippen molar-refractivity contribution in [2.24, 2.45) is 0 Å². The maximum absolute atomic E-state index is 5.34. The van der Waals surface area contributed by atoms with Crippen molar-refractivity contribution >= 4 is 15.9 Å². The van der Waals surface area contributed by atoms with Crippen molar-refractivity contribution in [2.45, 2.75) is 0 Å². The molecule has 1 aliphatic rings. The van der Waals surface area contributed by atoms with Gasteiger partial charge < -0.3 is 9.47 Å². The van der Waals surface area contributed by atoms with Gasteiger partial charge in [0.15, 0.2) is 5.75 Å². The van der Waals surface area contributed by atoms with Crippen LogP contribution in [0.4, 0.5) is 0 Å². The normalized spacial score (nSPS) is 12.6. The average Bonchev–Trinajstić information content (AvgIpc) is 3.15. The SMILES string of the molecule is Brc1cccc(-c2cc(-c3cnc4c(c3)OCO4)n[nH]2)c1. The van der Waals surface area contributed by atoms with Gasteiger partial charge in [0, 0.05) is 21.8 Å². The number of hydrogen-bond donors (Lipinski definition) is 1. The highest BCUT2D eigenvalue weighted by atomic mass is 79.9. The van der Waals surface area contributed by atoms with Gasteiger partial charge in [0.25, 0.3) is 5.88 Å². The Bertz CT molecular complexity index is 816. The summed E-state index contributed by atoms with van der Waals surface area (Å²) in [5.74, 6) is 1.18. The van der Waals surface area contributed by atoms with Gasteiger partial charge in [-0.05, 0) is 24.3 Å². The van der Waals surface area contributed by atoms with Crippen LogP contribution in [0.3, 0.4) is 0 Å². The van der Waals surface area contributed by atoms with Gasteiger partial charge in [0.2, 0.25) is 6.79 Å². The number of halogens is 1. The number of hydrogen-bond acceptors (Lipinski definition) is 4. The Morgan fingerprint density at radius 1 is 1.10 bits per heavy atom. The van der Waals surface area contributed by atoms with Crippen molar-refractivity contribution in [3.05, 3.63) is 47.1 Å². The molecule has 0 radical (unpaired) electrons. The van der Waals surface area contributed by atoms with Crippen molar-refractivity contribution in [1.29, 1.82) is 0 Å². The summed E-state index contributed by atoms with van der Waals surface area (Å²) in [6.45, 7) is 0.218. The Balaban J connectivity index is 1.71. The molecule has 0 saturated carbocycles. The molecule has 3 heterocycles. The van der Waals surface area contributed by atoms with E-state index in [9.17, 15) is 0 Å². The third-order valence-electron chi connectivity index (χ3n) is 3.24. The predicted molar refractivity (Wildman–Crippen MR) is 81.1 cm³/mol. The summed E-state index contributed by atoms with van der Waals surface area (Å²) in [5, 5.41) is 7.39. The molecule has 5 nitrogen and oxygen atoms in total. The van der Waals surface area contributed by atoms with Crippen LogP contribution in [0.25, 0.3) is 22.5 Å². The van der Waals surface area contributed by atoms with Gasteiger partial charge in [-0.2, -0.15) is 5.10 Å². The zero-order valence-electron chi connectivity index (χ0n) is 10.8. The lowest BCUT2D eigenvalue weighted by Gasteiger charge is -1.98. The van der Waals surface area contributed by atoms with Crippen LogP contribution in [-0.2, 0) is 0 Å². The summed E-state index contributed by atoms with van der Waals surface area (Å²) in [7, 11) is 0. The number of nitrogens with zero attached hydrogens (tertiary/aromatic N) is 2. The molecule has 6 heteroatoms. The van der Waals surface area contributed by atoms with E-state index in [0.717, 1.165) is 27.0 Å². The zero-order chi connectivity index (χ0) is 14.2. The van der Waals surface area contributed by atoms with E-state index in [1.54, 1.807) is 6.20 Å². The molecule has 0 spiro atoms. The molecule has 0 bridgehead atoms. The first-order valence-corrected chi connectivity index (χ1v) is 7.16. The highest BCUT2D eigenvalue weighted by Gasteiger charge is 2.16. The van der Waals surface area contributed by atoms with Crippen molar-refractivity contribution < 1.29 is 9.47 Å². The molecule has 0 amide bonds. The quantitative estimate of drug-likeness (QED) is 0.771. The number of ether oxygens (including phenoxy) is 2. The zero-order valence-corrected chi connectivity index (χ0v) is 12.4. The second-order valence-corrected chi connectivity index (χ2v) is 5.53. The topological polar surface area (TPSA) is 60.0 Å². The molecule has 3 aromatic rings. The molecule has 0 fully saturated rings. The number of fused-ring (bicyclic) bond motifs is 1. The van der Waals surface area contributed by atoms with Gasteiger partial charge >= 0.3 is 0 Å². The summed E-state index contributed by atoms with van der Waals surface area (Å²) in [4.78, 5) is 4.22. The second-order valence-electron chi connectivity index (χ2n) is 4.61. The summed E-state index contributed by atoms with van der Waals surface area (Å²) >= 11 is 3.47. The number of aromatic nitrogens is 3. The molecular formula is C15H10BrN3O2. The summed E-state index contributed by atoms with van der Waals surface area (Å²) < 4.78 is 11.6. The lowest BCUT2D eigenvalue weighted by molar-refractivity contribution is 0.171. The first-order valence-electron chi connectivity index (χ1n) is 6.37. The minimum Gasteiger partial charge on any atom is -0.452 e. The van der Waals surface area contributed by atoms with Crippen molar-refractivity contribution in [1.82, 2.24) is 15.2 Å². The van der Waals surface area contributed by atoms with E-state index >= 15 is 0 Å². The molecule has 21 heavy (non-hydrogen) atoms. The van der Waals surface area contributed by atoms with E-state index in [4.69, 9.17) is 9.47 Å². The van der Waals surface area contributed by atoms with Crippen LogP contribution in [0.15, 0.2) is 47.1 Å². The van der Waals surface area contributed by atoms with Gasteiger partial charge in [-0.15, -0.1) is 0 Å². The number of rotatable bonds is 2. The first-order chi connectivity index (χ1) is 10.3. The fraction of sp³-hybridized carbons (Fsp3) is 0.0667. The smallest absolute Gasteiger partial charge is 0.260 e. The molecule has 1 N–H and O–H groups in total. The average molecular weight is 344 g/mol. The molecule has 104 valence electrons. The van der Waals surface area contributed by atoms with Gasteiger partial charge in [0.05, 0.1) is 11.4 Å². The van der Waals surface area contributed by atoms with E-state index in [1.807, 2.05) is 36.4 Å². The van der Waals surface area contributed by atoms with Crippen LogP contribution in [0.1, 0.15) is 0 Å². The van der Waals surface area contributed by atoms with Gasteiger partial charge in [-0.3, -0.25) is 5.10 Å². The van der Waals surface area contributed by atoms with E-state index in [1.165, 1.54) is 0 Å². The van der Waals surface area contributed by atoms with Crippen LogP contribution < -0.4 is 9.47 Å². The van der Waals surface area contributed by atoms with Gasteiger partial charge in [-0.1, -0.05) is 28.1 Å². The Morgan fingerprint density at radius 2 is 2.05 bits per heavy atom. The Kier molecular flexibility index (Phi) is 2.89. The molecule has 0 atom stereocenters. The molecular weight excluding hydrogens is 334 g/mol. The van der Waals surface area contributed by atoms with E-state index in [2.05, 4.69) is 31.1 Å². The van der Waals surface area contributed by atoms with Crippen molar-refractivity contribution in [2.75, 3.05) is 6.79 Å². The minimum absolute atomic E-state index is 0.218. The third kappa shape index (κ3) is 2.27. The number of nitrogens with one attached hydrogen (secondary N) is 1. The second kappa shape index (κ2) is 4.89. The van der Waals surface area contributed by atoms with Crippen LogP contribution in [-0.4, -0.2) is 22.0 Å². The number of aromatic amines is 1. The Labute approximate surface area is 129 Å². The summed E-state index contributed by atoms with van der Waals surface area (Å²) in [5.41, 5.74) is 3.72. The highest BCUT2D eigenvalue weighted by Crippen LogP contribution is 2.33. The molecule has 2 aromatic heterocycles. The first kappa shape index (κ1) is 12.4. The lowest BCUT2D eigenvalue weighted by atomic mass is 10.1. The third-order valence-corrected chi connectivity index (χ3v) is 3.73. The monoisotopic (exact) mass is 343 g/mol. The van der Waals surface area contributed by atoms with Crippen LogP contribution in [0.5, 0.6) is 11.6 Å². The van der Waals surface area contributed by atoms with Crippen molar-refractivity contribution in [3.8, 4) is 34.1 Å². The summed E-state index contributed by atoms with van der Waals surface area (Å²) in [6.07, 6.45) is 1.73. The van der Waals surface area contributed by atoms with E-state index < -0.39 is 0 Å². The molecule has 4 rings (SSSR count). The lowest BCUT2D eigenvalue weighted by Crippen LogP contribution is -1.93. The Morgan fingerprint density at radius 3 is 2.95 bits per heavy atom. The van der Waals surface area contributed by atoms with E-state index in [0.29, 0.717) is 11.6 Å². The number of benzene rings is 1. The molecule has 0 unspecified atom stereocenters. The van der Waals surface area contributed by atoms with Crippen LogP contribution in [0.2, 0.25) is 0 Å². The van der Waals surface area contributed by atoms with Crippen molar-refractivity contribution in [3.63, 3.8) is 0 Å². The Hall–Kier alpha value is -2.34. The number of pyridine rings is 1. The van der Waals surface area contributed by atoms with Crippen LogP contribution in [0, 0.1) is 0 Å². The standard InChI is InChI=1S/C15H10BrN3O2/c16-11-3-1-2-9(4-11)12-6-13(19-18-12)10-5-14-15(17-7-10)21-8-20-14/h1-7H,8H2,(H,18,19). The maximum Gasteiger partial charge on any atom is 0.260 e. The number of H-pyrrole nitrogens is 1. The van der Waals surface area contributed by atoms with Gasteiger partial charge in [0.1, 0.15) is 0 Å². The summed E-state index contributed by atoms with van der Waals surface area (Å²) in [6, 6.07) is 11.9. The molecule has 0 saturated heterocycles. The maximum atomic E-state index is 5.34. The van der Waals surface area contributed by atoms with Crippen LogP contribution >= 0.6 is 15.9 Å². The van der Waals surface area contributed by atoms with Gasteiger partial charge in [-0.25, -0.2) is 4.98 Å².